The van der Waals surface area contributed by atoms with E-state index < -0.39 is 0 Å². The Morgan fingerprint density at radius 3 is 2.54 bits per heavy atom. The van der Waals surface area contributed by atoms with E-state index in [1.54, 1.807) is 0 Å². The van der Waals surface area contributed by atoms with E-state index in [1.165, 1.54) is 25.8 Å². The fourth-order valence-electron chi connectivity index (χ4n) is 4.68. The third-order valence-corrected chi connectivity index (χ3v) is 6.69. The number of hydrogen-bond acceptors (Lipinski definition) is 4. The number of nitrogens with one attached hydrogen (secondary N) is 2. The summed E-state index contributed by atoms with van der Waals surface area (Å²) in [5, 5.41) is 0.735. The highest BCUT2D eigenvalue weighted by molar-refractivity contribution is 6.30. The van der Waals surface area contributed by atoms with E-state index in [0.29, 0.717) is 12.1 Å². The Kier molecular flexibility index (Phi) is 5.24. The van der Waals surface area contributed by atoms with Gasteiger partial charge in [-0.3, -0.25) is 9.69 Å². The Hall–Kier alpha value is -1.14. The molecule has 4 atom stereocenters. The van der Waals surface area contributed by atoms with Crippen LogP contribution >= 0.6 is 11.6 Å². The topological polar surface area (TPSA) is 47.6 Å². The third-order valence-electron chi connectivity index (χ3n) is 6.44. The number of carbonyl (C=O) groups excluding carboxylic acids is 1. The van der Waals surface area contributed by atoms with Gasteiger partial charge in [0.2, 0.25) is 5.91 Å². The van der Waals surface area contributed by atoms with Gasteiger partial charge in [0.1, 0.15) is 6.04 Å². The van der Waals surface area contributed by atoms with Gasteiger partial charge in [0.25, 0.3) is 0 Å². The van der Waals surface area contributed by atoms with Gasteiger partial charge in [-0.1, -0.05) is 37.1 Å². The number of nitrogens with zero attached hydrogens (tertiary/aromatic N) is 2. The lowest BCUT2D eigenvalue weighted by molar-refractivity contribution is -0.142. The molecule has 3 aliphatic heterocycles. The summed E-state index contributed by atoms with van der Waals surface area (Å²) in [7, 11) is 0. The lowest BCUT2D eigenvalue weighted by Crippen LogP contribution is -2.66. The third kappa shape index (κ3) is 3.38. The normalized spacial score (nSPS) is 33.3. The van der Waals surface area contributed by atoms with Crippen molar-refractivity contribution in [3.8, 4) is 0 Å². The SMILES string of the molecule is CC1C(C(=O)N2CC(N3CCCCC3C)C2)NNC1c1ccc(Cl)cc1. The fourth-order valence-corrected chi connectivity index (χ4v) is 4.81. The van der Waals surface area contributed by atoms with Crippen molar-refractivity contribution in [2.75, 3.05) is 19.6 Å². The minimum atomic E-state index is -0.171. The summed E-state index contributed by atoms with van der Waals surface area (Å²) in [6, 6.07) is 9.03. The highest BCUT2D eigenvalue weighted by Gasteiger charge is 2.44. The van der Waals surface area contributed by atoms with Crippen molar-refractivity contribution in [2.45, 2.75) is 57.3 Å². The molecule has 26 heavy (non-hydrogen) atoms. The molecule has 1 aromatic carbocycles. The van der Waals surface area contributed by atoms with E-state index in [1.807, 2.05) is 29.2 Å². The molecule has 3 aliphatic rings. The first kappa shape index (κ1) is 18.2. The van der Waals surface area contributed by atoms with Crippen LogP contribution in [0.5, 0.6) is 0 Å². The van der Waals surface area contributed by atoms with Crippen LogP contribution in [-0.2, 0) is 4.79 Å². The predicted octanol–water partition coefficient (Wildman–Crippen LogP) is 2.58. The van der Waals surface area contributed by atoms with Crippen LogP contribution in [0.4, 0.5) is 0 Å². The van der Waals surface area contributed by atoms with Gasteiger partial charge in [-0.15, -0.1) is 0 Å². The van der Waals surface area contributed by atoms with Gasteiger partial charge in [0, 0.05) is 36.1 Å². The zero-order valence-electron chi connectivity index (χ0n) is 15.6. The monoisotopic (exact) mass is 376 g/mol. The molecule has 142 valence electrons. The van der Waals surface area contributed by atoms with Gasteiger partial charge in [-0.2, -0.15) is 0 Å². The van der Waals surface area contributed by atoms with Crippen LogP contribution < -0.4 is 10.9 Å². The van der Waals surface area contributed by atoms with Crippen LogP contribution in [0.3, 0.4) is 0 Å². The second-order valence-corrected chi connectivity index (χ2v) is 8.57. The Morgan fingerprint density at radius 1 is 1.12 bits per heavy atom. The van der Waals surface area contributed by atoms with Gasteiger partial charge in [0.15, 0.2) is 0 Å². The van der Waals surface area contributed by atoms with Gasteiger partial charge in [-0.05, 0) is 44.0 Å². The van der Waals surface area contributed by atoms with Gasteiger partial charge < -0.3 is 4.90 Å². The van der Waals surface area contributed by atoms with Crippen LogP contribution in [0, 0.1) is 5.92 Å². The Bertz CT molecular complexity index is 646. The van der Waals surface area contributed by atoms with Crippen LogP contribution in [0.15, 0.2) is 24.3 Å². The summed E-state index contributed by atoms with van der Waals surface area (Å²) in [4.78, 5) is 17.6. The minimum absolute atomic E-state index is 0.125. The average Bonchev–Trinajstić information content (AvgIpc) is 2.97. The van der Waals surface area contributed by atoms with E-state index in [0.717, 1.165) is 23.7 Å². The molecule has 4 unspecified atom stereocenters. The summed E-state index contributed by atoms with van der Waals surface area (Å²) in [5.74, 6) is 0.416. The highest BCUT2D eigenvalue weighted by Crippen LogP contribution is 2.31. The molecule has 3 heterocycles. The maximum Gasteiger partial charge on any atom is 0.241 e. The number of likely N-dealkylation sites (tertiary alicyclic amines) is 2. The van der Waals surface area contributed by atoms with E-state index in [2.05, 4.69) is 29.6 Å². The quantitative estimate of drug-likeness (QED) is 0.851. The van der Waals surface area contributed by atoms with Crippen molar-refractivity contribution >= 4 is 17.5 Å². The lowest BCUT2D eigenvalue weighted by atomic mass is 9.89. The van der Waals surface area contributed by atoms with E-state index in [-0.39, 0.29) is 23.9 Å². The molecule has 1 aromatic rings. The molecule has 0 aliphatic carbocycles. The molecule has 4 rings (SSSR count). The lowest BCUT2D eigenvalue weighted by Gasteiger charge is -2.49. The van der Waals surface area contributed by atoms with Crippen LogP contribution in [0.2, 0.25) is 5.02 Å². The van der Waals surface area contributed by atoms with Gasteiger partial charge in [-0.25, -0.2) is 10.9 Å². The van der Waals surface area contributed by atoms with Crippen molar-refractivity contribution in [1.82, 2.24) is 20.7 Å². The molecular formula is C20H29ClN4O. The maximum atomic E-state index is 13.0. The largest absolute Gasteiger partial charge is 0.338 e. The van der Waals surface area contributed by atoms with E-state index >= 15 is 0 Å². The number of piperidine rings is 1. The Morgan fingerprint density at radius 2 is 1.85 bits per heavy atom. The highest BCUT2D eigenvalue weighted by atomic mass is 35.5. The van der Waals surface area contributed by atoms with Crippen LogP contribution in [0.1, 0.15) is 44.7 Å². The molecule has 3 fully saturated rings. The van der Waals surface area contributed by atoms with Gasteiger partial charge in [0.05, 0.1) is 6.04 Å². The summed E-state index contributed by atoms with van der Waals surface area (Å²) >= 11 is 5.99. The molecule has 6 heteroatoms. The molecule has 3 saturated heterocycles. The second-order valence-electron chi connectivity index (χ2n) is 8.13. The molecule has 1 amide bonds. The first-order valence-corrected chi connectivity index (χ1v) is 10.2. The number of hydrogen-bond donors (Lipinski definition) is 2. The summed E-state index contributed by atoms with van der Waals surface area (Å²) in [5.41, 5.74) is 7.70. The standard InChI is InChI=1S/C20H29ClN4O/c1-13-5-3-4-10-25(13)17-11-24(12-17)20(26)19-14(2)18(22-23-19)15-6-8-16(21)9-7-15/h6-9,13-14,17-19,22-23H,3-5,10-12H2,1-2H3. The van der Waals surface area contributed by atoms with Crippen LogP contribution in [0.25, 0.3) is 0 Å². The van der Waals surface area contributed by atoms with E-state index in [4.69, 9.17) is 11.6 Å². The van der Waals surface area contributed by atoms with Crippen molar-refractivity contribution < 1.29 is 4.79 Å². The number of rotatable bonds is 3. The molecule has 2 N–H and O–H groups in total. The average molecular weight is 377 g/mol. The number of benzene rings is 1. The molecule has 0 spiro atoms. The summed E-state index contributed by atoms with van der Waals surface area (Å²) in [6.45, 7) is 7.40. The maximum absolute atomic E-state index is 13.0. The molecule has 5 nitrogen and oxygen atoms in total. The molecular weight excluding hydrogens is 348 g/mol. The fraction of sp³-hybridized carbons (Fsp3) is 0.650. The molecule has 0 saturated carbocycles. The zero-order chi connectivity index (χ0) is 18.3. The number of carbonyl (C=O) groups is 1. The summed E-state index contributed by atoms with van der Waals surface area (Å²) < 4.78 is 0. The van der Waals surface area contributed by atoms with Crippen molar-refractivity contribution in [1.29, 1.82) is 0 Å². The molecule has 0 bridgehead atoms. The van der Waals surface area contributed by atoms with Gasteiger partial charge >= 0.3 is 0 Å². The second kappa shape index (κ2) is 7.47. The number of amides is 1. The number of hydrazine groups is 1. The van der Waals surface area contributed by atoms with Crippen LogP contribution in [-0.4, -0.2) is 53.5 Å². The Balaban J connectivity index is 1.34. The first-order chi connectivity index (χ1) is 12.5. The Labute approximate surface area is 161 Å². The van der Waals surface area contributed by atoms with Crippen molar-refractivity contribution in [3.63, 3.8) is 0 Å². The predicted molar refractivity (Wildman–Crippen MR) is 104 cm³/mol. The molecule has 0 aromatic heterocycles. The first-order valence-electron chi connectivity index (χ1n) is 9.85. The number of halogens is 1. The minimum Gasteiger partial charge on any atom is -0.338 e. The summed E-state index contributed by atoms with van der Waals surface area (Å²) in [6.07, 6.45) is 3.93. The smallest absolute Gasteiger partial charge is 0.241 e. The zero-order valence-corrected chi connectivity index (χ0v) is 16.4. The van der Waals surface area contributed by atoms with E-state index in [9.17, 15) is 4.79 Å². The van der Waals surface area contributed by atoms with Crippen molar-refractivity contribution in [2.24, 2.45) is 5.92 Å². The van der Waals surface area contributed by atoms with Crippen molar-refractivity contribution in [3.05, 3.63) is 34.9 Å². The molecule has 0 radical (unpaired) electrons.